The van der Waals surface area contributed by atoms with Crippen molar-refractivity contribution < 1.29 is 28.6 Å². The highest BCUT2D eigenvalue weighted by molar-refractivity contribution is 7.99. The summed E-state index contributed by atoms with van der Waals surface area (Å²) in [5, 5.41) is 15.9. The van der Waals surface area contributed by atoms with Crippen molar-refractivity contribution in [2.75, 3.05) is 17.6 Å². The van der Waals surface area contributed by atoms with Gasteiger partial charge in [0.05, 0.1) is 18.8 Å². The number of rotatable bonds is 15. The predicted octanol–water partition coefficient (Wildman–Crippen LogP) is 8.47. The first-order valence-corrected chi connectivity index (χ1v) is 18.3. The minimum atomic E-state index is -0.635. The Labute approximate surface area is 302 Å². The van der Waals surface area contributed by atoms with Gasteiger partial charge in [-0.15, -0.1) is 0 Å². The van der Waals surface area contributed by atoms with Crippen molar-refractivity contribution in [3.05, 3.63) is 126 Å². The molecule has 3 N–H and O–H groups in total. The van der Waals surface area contributed by atoms with E-state index in [4.69, 9.17) is 18.9 Å². The molecule has 1 fully saturated rings. The number of anilines is 1. The highest BCUT2D eigenvalue weighted by Crippen LogP contribution is 2.41. The molecule has 5 aromatic rings. The molecule has 0 bridgehead atoms. The van der Waals surface area contributed by atoms with Gasteiger partial charge in [-0.2, -0.15) is 0 Å². The summed E-state index contributed by atoms with van der Waals surface area (Å²) >= 11 is 1.52. The lowest BCUT2D eigenvalue weighted by molar-refractivity contribution is -0.245. The number of unbranched alkanes of at least 4 members (excludes halogenated alkanes) is 2. The Morgan fingerprint density at radius 1 is 0.824 bits per heavy atom. The van der Waals surface area contributed by atoms with Gasteiger partial charge in [0.1, 0.15) is 5.69 Å². The van der Waals surface area contributed by atoms with E-state index in [0.29, 0.717) is 36.0 Å². The standard InChI is InChI=1S/C41H43N3O6S/c1-28(46)42-24-10-4-9-15-37(47)43-34-22-20-33(21-23-34)40-48-35(25-36(49-40)30-18-16-29(26-45)17-19-30)27-51-41-44-38(31-11-5-2-6-12-31)39(50-41)32-13-7-3-8-14-32/h2-3,5-8,11-14,16-23,35-36,40,45H,4,9-10,15,24-27H2,1H3,(H,42,46)(H,43,47)/t35-,36+,40+/m0/s1. The van der Waals surface area contributed by atoms with Gasteiger partial charge in [-0.1, -0.05) is 115 Å². The molecule has 51 heavy (non-hydrogen) atoms. The second-order valence-electron chi connectivity index (χ2n) is 12.5. The molecule has 0 radical (unpaired) electrons. The van der Waals surface area contributed by atoms with E-state index >= 15 is 0 Å². The molecule has 9 nitrogen and oxygen atoms in total. The molecule has 1 aromatic heterocycles. The van der Waals surface area contributed by atoms with Crippen LogP contribution in [0.2, 0.25) is 0 Å². The summed E-state index contributed by atoms with van der Waals surface area (Å²) in [7, 11) is 0. The SMILES string of the molecule is CC(=O)NCCCCCC(=O)Nc1ccc([C@@H]2O[C@H](CSc3nc(-c4ccccc4)c(-c4ccccc4)o3)C[C@H](c3ccc(CO)cc3)O2)cc1. The molecule has 0 saturated carbocycles. The van der Waals surface area contributed by atoms with E-state index < -0.39 is 6.29 Å². The molecule has 0 spiro atoms. The summed E-state index contributed by atoms with van der Waals surface area (Å²) in [5.41, 5.74) is 6.13. The molecular formula is C41H43N3O6S. The number of nitrogens with one attached hydrogen (secondary N) is 2. The van der Waals surface area contributed by atoms with Crippen molar-refractivity contribution in [3.8, 4) is 22.6 Å². The zero-order chi connectivity index (χ0) is 35.4. The van der Waals surface area contributed by atoms with E-state index in [2.05, 4.69) is 10.6 Å². The van der Waals surface area contributed by atoms with Crippen LogP contribution in [0.4, 0.5) is 5.69 Å². The minimum absolute atomic E-state index is 0.0234. The van der Waals surface area contributed by atoms with Gasteiger partial charge < -0.3 is 29.6 Å². The zero-order valence-electron chi connectivity index (χ0n) is 28.6. The molecule has 0 aliphatic carbocycles. The van der Waals surface area contributed by atoms with E-state index in [1.165, 1.54) is 18.7 Å². The summed E-state index contributed by atoms with van der Waals surface area (Å²) in [5.74, 6) is 1.23. The van der Waals surface area contributed by atoms with Crippen LogP contribution in [0, 0.1) is 0 Å². The molecule has 4 aromatic carbocycles. The molecule has 1 saturated heterocycles. The number of amides is 2. The van der Waals surface area contributed by atoms with Gasteiger partial charge in [-0.3, -0.25) is 9.59 Å². The molecule has 1 aliphatic heterocycles. The summed E-state index contributed by atoms with van der Waals surface area (Å²) in [6.45, 7) is 2.11. The molecule has 2 amide bonds. The molecule has 2 heterocycles. The third-order valence-corrected chi connectivity index (χ3v) is 9.58. The molecule has 1 aliphatic rings. The number of nitrogens with zero attached hydrogens (tertiary/aromatic N) is 1. The lowest BCUT2D eigenvalue weighted by Crippen LogP contribution is -2.31. The number of aromatic nitrogens is 1. The van der Waals surface area contributed by atoms with E-state index in [9.17, 15) is 14.7 Å². The van der Waals surface area contributed by atoms with Crippen LogP contribution in [0.1, 0.15) is 68.1 Å². The minimum Gasteiger partial charge on any atom is -0.431 e. The van der Waals surface area contributed by atoms with Gasteiger partial charge in [0.25, 0.3) is 5.22 Å². The largest absolute Gasteiger partial charge is 0.431 e. The van der Waals surface area contributed by atoms with Crippen LogP contribution in [0.25, 0.3) is 22.6 Å². The highest BCUT2D eigenvalue weighted by atomic mass is 32.2. The van der Waals surface area contributed by atoms with Crippen molar-refractivity contribution in [1.29, 1.82) is 0 Å². The van der Waals surface area contributed by atoms with Gasteiger partial charge in [-0.05, 0) is 36.1 Å². The van der Waals surface area contributed by atoms with E-state index in [-0.39, 0.29) is 30.6 Å². The first kappa shape index (κ1) is 36.1. The zero-order valence-corrected chi connectivity index (χ0v) is 29.4. The second kappa shape index (κ2) is 18.0. The summed E-state index contributed by atoms with van der Waals surface area (Å²) in [6, 6.07) is 35.4. The normalized spacial score (nSPS) is 17.2. The number of hydrogen-bond acceptors (Lipinski definition) is 8. The molecule has 10 heteroatoms. The van der Waals surface area contributed by atoms with Gasteiger partial charge in [0.15, 0.2) is 12.1 Å². The number of carbonyl (C=O) groups excluding carboxylic acids is 2. The Balaban J connectivity index is 1.13. The van der Waals surface area contributed by atoms with Crippen molar-refractivity contribution in [2.45, 2.75) is 69.4 Å². The van der Waals surface area contributed by atoms with Crippen LogP contribution in [-0.2, 0) is 25.7 Å². The Hall–Kier alpha value is -4.74. The molecule has 0 unspecified atom stereocenters. The first-order valence-electron chi connectivity index (χ1n) is 17.3. The number of thioether (sulfide) groups is 1. The van der Waals surface area contributed by atoms with Gasteiger partial charge in [0.2, 0.25) is 11.8 Å². The fourth-order valence-electron chi connectivity index (χ4n) is 5.92. The Bertz CT molecular complexity index is 1790. The predicted molar refractivity (Wildman–Crippen MR) is 199 cm³/mol. The van der Waals surface area contributed by atoms with Crippen LogP contribution in [0.3, 0.4) is 0 Å². The fourth-order valence-corrected chi connectivity index (χ4v) is 6.77. The number of aliphatic hydroxyl groups excluding tert-OH is 1. The number of hydrogen-bond donors (Lipinski definition) is 3. The molecular weight excluding hydrogens is 663 g/mol. The average molecular weight is 706 g/mol. The fraction of sp³-hybridized carbons (Fsp3) is 0.293. The lowest BCUT2D eigenvalue weighted by Gasteiger charge is -2.36. The third-order valence-electron chi connectivity index (χ3n) is 8.62. The van der Waals surface area contributed by atoms with Crippen molar-refractivity contribution >= 4 is 29.3 Å². The van der Waals surface area contributed by atoms with Crippen LogP contribution >= 0.6 is 11.8 Å². The van der Waals surface area contributed by atoms with E-state index in [1.807, 2.05) is 109 Å². The maximum Gasteiger partial charge on any atom is 0.256 e. The van der Waals surface area contributed by atoms with E-state index in [0.717, 1.165) is 58.5 Å². The second-order valence-corrected chi connectivity index (χ2v) is 13.5. The van der Waals surface area contributed by atoms with Crippen molar-refractivity contribution in [3.63, 3.8) is 0 Å². The number of carbonyl (C=O) groups is 2. The summed E-state index contributed by atoms with van der Waals surface area (Å²) in [6.07, 6.45) is 2.44. The van der Waals surface area contributed by atoms with Crippen LogP contribution < -0.4 is 10.6 Å². The lowest BCUT2D eigenvalue weighted by atomic mass is 10.0. The molecule has 264 valence electrons. The quantitative estimate of drug-likeness (QED) is 0.0733. The first-order chi connectivity index (χ1) is 24.9. The van der Waals surface area contributed by atoms with E-state index in [1.54, 1.807) is 0 Å². The number of oxazole rings is 1. The topological polar surface area (TPSA) is 123 Å². The maximum atomic E-state index is 12.5. The Morgan fingerprint density at radius 3 is 2.20 bits per heavy atom. The Kier molecular flexibility index (Phi) is 12.7. The maximum absolute atomic E-state index is 12.5. The summed E-state index contributed by atoms with van der Waals surface area (Å²) < 4.78 is 19.5. The summed E-state index contributed by atoms with van der Waals surface area (Å²) in [4.78, 5) is 28.5. The smallest absolute Gasteiger partial charge is 0.256 e. The number of benzene rings is 4. The highest BCUT2D eigenvalue weighted by Gasteiger charge is 2.33. The molecule has 3 atom stereocenters. The van der Waals surface area contributed by atoms with Crippen LogP contribution in [0.15, 0.2) is 119 Å². The molecule has 6 rings (SSSR count). The number of aliphatic hydroxyl groups is 1. The van der Waals surface area contributed by atoms with Gasteiger partial charge in [-0.25, -0.2) is 4.98 Å². The van der Waals surface area contributed by atoms with Crippen molar-refractivity contribution in [1.82, 2.24) is 10.3 Å². The van der Waals surface area contributed by atoms with Gasteiger partial charge in [0, 0.05) is 54.4 Å². The average Bonchev–Trinajstić information content (AvgIpc) is 3.61. The van der Waals surface area contributed by atoms with Gasteiger partial charge >= 0.3 is 0 Å². The van der Waals surface area contributed by atoms with Crippen molar-refractivity contribution in [2.24, 2.45) is 0 Å². The van der Waals surface area contributed by atoms with Crippen LogP contribution in [0.5, 0.6) is 0 Å². The third kappa shape index (κ3) is 10.2. The van der Waals surface area contributed by atoms with Crippen LogP contribution in [-0.4, -0.2) is 40.3 Å². The Morgan fingerprint density at radius 2 is 1.51 bits per heavy atom. The number of ether oxygens (including phenoxy) is 2. The monoisotopic (exact) mass is 705 g/mol.